The maximum Gasteiger partial charge on any atom is 0.321 e. The van der Waals surface area contributed by atoms with Crippen LogP contribution >= 0.6 is 45.2 Å². The number of esters is 1. The molecule has 0 spiro atoms. The summed E-state index contributed by atoms with van der Waals surface area (Å²) in [6, 6.07) is 3.97. The Kier molecular flexibility index (Phi) is 5.22. The van der Waals surface area contributed by atoms with Crippen molar-refractivity contribution in [2.24, 2.45) is 5.41 Å². The summed E-state index contributed by atoms with van der Waals surface area (Å²) in [5.41, 5.74) is 0.162. The van der Waals surface area contributed by atoms with E-state index < -0.39 is 11.2 Å². The van der Waals surface area contributed by atoms with Gasteiger partial charge in [-0.05, 0) is 90.6 Å². The molecule has 0 N–H and O–H groups in total. The van der Waals surface area contributed by atoms with Crippen LogP contribution in [0.4, 0.5) is 0 Å². The van der Waals surface area contributed by atoms with Gasteiger partial charge in [0.25, 0.3) is 0 Å². The summed E-state index contributed by atoms with van der Waals surface area (Å²) in [5.74, 6) is -0.347. The number of carbonyl (C=O) groups is 1. The van der Waals surface area contributed by atoms with Crippen molar-refractivity contribution in [2.75, 3.05) is 13.2 Å². The molecule has 0 atom stereocenters. The molecule has 1 aliphatic heterocycles. The number of rotatable bonds is 2. The van der Waals surface area contributed by atoms with Gasteiger partial charge in [-0.1, -0.05) is 0 Å². The van der Waals surface area contributed by atoms with Gasteiger partial charge in [0.1, 0.15) is 11.2 Å². The number of hydrogen-bond donors (Lipinski definition) is 0. The summed E-state index contributed by atoms with van der Waals surface area (Å²) >= 11 is 4.43. The quantitative estimate of drug-likeness (QED) is 0.340. The molecule has 0 radical (unpaired) electrons. The van der Waals surface area contributed by atoms with Gasteiger partial charge in [-0.2, -0.15) is 0 Å². The zero-order valence-corrected chi connectivity index (χ0v) is 16.8. The first kappa shape index (κ1) is 17.4. The zero-order chi connectivity index (χ0) is 15.8. The Labute approximate surface area is 152 Å². The van der Waals surface area contributed by atoms with Crippen molar-refractivity contribution < 1.29 is 19.0 Å². The topological polar surface area (TPSA) is 44.8 Å². The van der Waals surface area contributed by atoms with Crippen molar-refractivity contribution in [3.8, 4) is 5.75 Å². The van der Waals surface area contributed by atoms with Crippen molar-refractivity contribution in [1.82, 2.24) is 0 Å². The lowest BCUT2D eigenvalue weighted by Gasteiger charge is -2.39. The zero-order valence-electron chi connectivity index (χ0n) is 12.5. The van der Waals surface area contributed by atoms with Crippen LogP contribution in [0.2, 0.25) is 0 Å². The molecule has 0 aliphatic carbocycles. The molecule has 1 saturated heterocycles. The van der Waals surface area contributed by atoms with Crippen LogP contribution in [0.1, 0.15) is 26.3 Å². The van der Waals surface area contributed by atoms with Gasteiger partial charge in [-0.3, -0.25) is 4.79 Å². The van der Waals surface area contributed by atoms with Crippen LogP contribution < -0.4 is 4.74 Å². The van der Waals surface area contributed by atoms with Crippen LogP contribution in [-0.2, 0) is 14.3 Å². The molecule has 6 heteroatoms. The van der Waals surface area contributed by atoms with Gasteiger partial charge in [-0.15, -0.1) is 0 Å². The van der Waals surface area contributed by atoms with E-state index in [0.29, 0.717) is 19.0 Å². The molecule has 1 aromatic rings. The molecule has 0 unspecified atom stereocenters. The highest BCUT2D eigenvalue weighted by Crippen LogP contribution is 2.33. The molecule has 0 amide bonds. The smallest absolute Gasteiger partial charge is 0.321 e. The van der Waals surface area contributed by atoms with Gasteiger partial charge in [-0.25, -0.2) is 0 Å². The predicted molar refractivity (Wildman–Crippen MR) is 96.3 cm³/mol. The van der Waals surface area contributed by atoms with Gasteiger partial charge in [0.15, 0.2) is 5.79 Å². The second-order valence-corrected chi connectivity index (χ2v) is 8.37. The van der Waals surface area contributed by atoms with Crippen LogP contribution in [0.25, 0.3) is 0 Å². The van der Waals surface area contributed by atoms with Gasteiger partial charge < -0.3 is 14.2 Å². The maximum absolute atomic E-state index is 12.5. The second-order valence-electron chi connectivity index (χ2n) is 5.96. The third-order valence-corrected chi connectivity index (χ3v) is 4.78. The first-order chi connectivity index (χ1) is 9.63. The monoisotopic (exact) mass is 516 g/mol. The van der Waals surface area contributed by atoms with E-state index in [9.17, 15) is 4.79 Å². The molecular weight excluding hydrogens is 498 g/mol. The van der Waals surface area contributed by atoms with Gasteiger partial charge in [0.2, 0.25) is 0 Å². The highest BCUT2D eigenvalue weighted by molar-refractivity contribution is 14.1. The Morgan fingerprint density at radius 2 is 1.76 bits per heavy atom. The standard InChI is InChI=1S/C15H18I2O4/c1-9-5-10(16)6-11(17)12(9)21-13(18)15(4)7-19-14(2,3)20-8-15/h5-6H,7-8H2,1-4H3. The summed E-state index contributed by atoms with van der Waals surface area (Å²) in [6.07, 6.45) is 0. The fourth-order valence-electron chi connectivity index (χ4n) is 1.90. The van der Waals surface area contributed by atoms with Gasteiger partial charge >= 0.3 is 5.97 Å². The molecule has 116 valence electrons. The van der Waals surface area contributed by atoms with Gasteiger partial charge in [0.05, 0.1) is 16.8 Å². The summed E-state index contributed by atoms with van der Waals surface area (Å²) in [4.78, 5) is 12.5. The van der Waals surface area contributed by atoms with E-state index in [1.165, 1.54) is 0 Å². The molecule has 2 rings (SSSR count). The second kappa shape index (κ2) is 6.29. The number of aryl methyl sites for hydroxylation is 1. The van der Waals surface area contributed by atoms with Crippen LogP contribution in [-0.4, -0.2) is 25.0 Å². The number of halogens is 2. The summed E-state index contributed by atoms with van der Waals surface area (Å²) < 4.78 is 18.9. The molecule has 1 aliphatic rings. The van der Waals surface area contributed by atoms with Crippen molar-refractivity contribution >= 4 is 51.2 Å². The maximum atomic E-state index is 12.5. The minimum Gasteiger partial charge on any atom is -0.425 e. The molecule has 0 bridgehead atoms. The van der Waals surface area contributed by atoms with Crippen LogP contribution in [0, 0.1) is 19.5 Å². The molecule has 1 aromatic carbocycles. The Morgan fingerprint density at radius 3 is 2.29 bits per heavy atom. The summed E-state index contributed by atoms with van der Waals surface area (Å²) in [6.45, 7) is 8.00. The van der Waals surface area contributed by atoms with Crippen LogP contribution in [0.5, 0.6) is 5.75 Å². The van der Waals surface area contributed by atoms with E-state index in [2.05, 4.69) is 45.2 Å². The van der Waals surface area contributed by atoms with E-state index in [1.807, 2.05) is 32.9 Å². The molecule has 0 aromatic heterocycles. The lowest BCUT2D eigenvalue weighted by Crippen LogP contribution is -2.50. The first-order valence-electron chi connectivity index (χ1n) is 6.59. The van der Waals surface area contributed by atoms with Gasteiger partial charge in [0, 0.05) is 3.57 Å². The van der Waals surface area contributed by atoms with Crippen molar-refractivity contribution in [3.63, 3.8) is 0 Å². The third-order valence-electron chi connectivity index (χ3n) is 3.36. The van der Waals surface area contributed by atoms with Crippen molar-refractivity contribution in [2.45, 2.75) is 33.5 Å². The third kappa shape index (κ3) is 4.08. The first-order valence-corrected chi connectivity index (χ1v) is 8.75. The normalized spacial score (nSPS) is 20.1. The lowest BCUT2D eigenvalue weighted by molar-refractivity contribution is -0.279. The highest BCUT2D eigenvalue weighted by atomic mass is 127. The Hall–Kier alpha value is 0.0700. The fraction of sp³-hybridized carbons (Fsp3) is 0.533. The number of hydrogen-bond acceptors (Lipinski definition) is 4. The van der Waals surface area contributed by atoms with Crippen LogP contribution in [0.15, 0.2) is 12.1 Å². The summed E-state index contributed by atoms with van der Waals surface area (Å²) in [7, 11) is 0. The van der Waals surface area contributed by atoms with E-state index in [-0.39, 0.29) is 5.97 Å². The van der Waals surface area contributed by atoms with E-state index in [1.54, 1.807) is 6.92 Å². The predicted octanol–water partition coefficient (Wildman–Crippen LogP) is 3.90. The average molecular weight is 516 g/mol. The molecule has 21 heavy (non-hydrogen) atoms. The van der Waals surface area contributed by atoms with E-state index >= 15 is 0 Å². The minimum atomic E-state index is -0.784. The molecule has 1 fully saturated rings. The molecular formula is C15H18I2O4. The fourth-order valence-corrected chi connectivity index (χ4v) is 4.15. The number of carbonyl (C=O) groups excluding carboxylic acids is 1. The highest BCUT2D eigenvalue weighted by Gasteiger charge is 2.43. The molecule has 0 saturated carbocycles. The van der Waals surface area contributed by atoms with E-state index in [0.717, 1.165) is 12.7 Å². The molecule has 1 heterocycles. The molecule has 4 nitrogen and oxygen atoms in total. The Morgan fingerprint density at radius 1 is 1.19 bits per heavy atom. The Bertz CT molecular complexity index is 536. The van der Waals surface area contributed by atoms with Crippen molar-refractivity contribution in [1.29, 1.82) is 0 Å². The minimum absolute atomic E-state index is 0.291. The number of benzene rings is 1. The van der Waals surface area contributed by atoms with Crippen LogP contribution in [0.3, 0.4) is 0 Å². The summed E-state index contributed by atoms with van der Waals surface area (Å²) in [5, 5.41) is 0. The largest absolute Gasteiger partial charge is 0.425 e. The number of ether oxygens (including phenoxy) is 3. The van der Waals surface area contributed by atoms with E-state index in [4.69, 9.17) is 14.2 Å². The Balaban J connectivity index is 2.15. The SMILES string of the molecule is Cc1cc(I)cc(I)c1OC(=O)C1(C)COC(C)(C)OC1. The average Bonchev–Trinajstić information content (AvgIpc) is 2.37. The lowest BCUT2D eigenvalue weighted by atomic mass is 9.92. The van der Waals surface area contributed by atoms with Crippen molar-refractivity contribution in [3.05, 3.63) is 24.8 Å².